The molecule has 4 heterocycles. The summed E-state index contributed by atoms with van der Waals surface area (Å²) >= 11 is 0. The first-order chi connectivity index (χ1) is 23.4. The van der Waals surface area contributed by atoms with Crippen LogP contribution in [0.5, 0.6) is 11.5 Å². The van der Waals surface area contributed by atoms with Gasteiger partial charge in [0.2, 0.25) is 0 Å². The number of benzene rings is 2. The molecule has 2 saturated heterocycles. The summed E-state index contributed by atoms with van der Waals surface area (Å²) in [5.41, 5.74) is 5.03. The summed E-state index contributed by atoms with van der Waals surface area (Å²) in [4.78, 5) is 11.8. The van der Waals surface area contributed by atoms with Gasteiger partial charge in [0.15, 0.2) is 5.79 Å². The van der Waals surface area contributed by atoms with E-state index in [-0.39, 0.29) is 11.7 Å². The van der Waals surface area contributed by atoms with Crippen molar-refractivity contribution in [2.75, 3.05) is 13.2 Å². The third-order valence-corrected chi connectivity index (χ3v) is 10.0. The van der Waals surface area contributed by atoms with E-state index in [1.165, 1.54) is 17.2 Å². The first-order valence-electron chi connectivity index (χ1n) is 17.3. The predicted octanol–water partition coefficient (Wildman–Crippen LogP) is 9.09. The molecule has 0 amide bonds. The minimum absolute atomic E-state index is 0.0390. The maximum Gasteiger partial charge on any atom is 0.336 e. The van der Waals surface area contributed by atoms with Crippen molar-refractivity contribution < 1.29 is 32.5 Å². The van der Waals surface area contributed by atoms with Crippen LogP contribution in [-0.4, -0.2) is 42.4 Å². The van der Waals surface area contributed by atoms with Crippen LogP contribution >= 0.6 is 0 Å². The molecular weight excluding hydrogens is 620 g/mol. The van der Waals surface area contributed by atoms with Gasteiger partial charge in [0.25, 0.3) is 0 Å². The zero-order valence-electron chi connectivity index (χ0n) is 29.3. The van der Waals surface area contributed by atoms with Gasteiger partial charge in [0.05, 0.1) is 40.4 Å². The molecule has 0 saturated carbocycles. The highest BCUT2D eigenvalue weighted by atomic mass is 16.8. The Morgan fingerprint density at radius 2 is 1.53 bits per heavy atom. The van der Waals surface area contributed by atoms with Crippen molar-refractivity contribution in [1.29, 1.82) is 0 Å². The second-order valence-corrected chi connectivity index (χ2v) is 14.7. The van der Waals surface area contributed by atoms with Gasteiger partial charge in [-0.2, -0.15) is 0 Å². The fraction of sp³-hybridized carbons (Fsp3) is 0.439. The molecule has 3 atom stereocenters. The normalized spacial score (nSPS) is 24.1. The van der Waals surface area contributed by atoms with Crippen LogP contribution in [0.1, 0.15) is 78.4 Å². The first-order valence-corrected chi connectivity index (χ1v) is 17.3. The predicted molar refractivity (Wildman–Crippen MR) is 190 cm³/mol. The third-order valence-electron chi connectivity index (χ3n) is 10.0. The van der Waals surface area contributed by atoms with E-state index in [1.54, 1.807) is 18.4 Å². The summed E-state index contributed by atoms with van der Waals surface area (Å²) in [6.07, 6.45) is 14.6. The number of allylic oxidation sites excluding steroid dienone is 2. The summed E-state index contributed by atoms with van der Waals surface area (Å²) in [5, 5.41) is 1.57. The van der Waals surface area contributed by atoms with E-state index in [0.29, 0.717) is 42.7 Å². The molecule has 1 spiro atoms. The molecule has 2 aromatic carbocycles. The maximum atomic E-state index is 11.8. The molecule has 0 bridgehead atoms. The van der Waals surface area contributed by atoms with E-state index >= 15 is 0 Å². The minimum Gasteiger partial charge on any atom is -0.490 e. The number of fused-ring (bicyclic) bond motifs is 3. The standard InChI is InChI=1S/C41H46O8/c1-26(7-12-35-39(3,4)47-35)16-20-43-30-10-9-28-15-19-41(25-29(28)23-30)48-36(40(5,6)49-41)13-8-27(2)17-21-45-38-31-11-14-37(42)46-34(31)24-33-32(38)18-22-44-33/h9-11,14-19,22-24,35-36H,7-8,12-13,20-21,25H2,1-6H3/b26-16+,27-17+/t35?,36-,41+/m1/s1. The van der Waals surface area contributed by atoms with Crippen LogP contribution in [0, 0.1) is 0 Å². The van der Waals surface area contributed by atoms with Crippen molar-refractivity contribution in [2.24, 2.45) is 0 Å². The molecule has 4 aromatic rings. The number of hydrogen-bond acceptors (Lipinski definition) is 8. The molecule has 0 N–H and O–H groups in total. The van der Waals surface area contributed by atoms with Crippen molar-refractivity contribution in [1.82, 2.24) is 0 Å². The van der Waals surface area contributed by atoms with Gasteiger partial charge in [-0.25, -0.2) is 4.79 Å². The maximum absolute atomic E-state index is 11.8. The van der Waals surface area contributed by atoms with E-state index in [1.807, 2.05) is 12.1 Å². The topological polar surface area (TPSA) is 92.8 Å². The second kappa shape index (κ2) is 13.0. The van der Waals surface area contributed by atoms with Crippen LogP contribution in [0.15, 0.2) is 91.7 Å². The lowest BCUT2D eigenvalue weighted by molar-refractivity contribution is -0.147. The number of ether oxygens (including phenoxy) is 5. The van der Waals surface area contributed by atoms with E-state index in [0.717, 1.165) is 53.3 Å². The van der Waals surface area contributed by atoms with Crippen LogP contribution in [0.25, 0.3) is 28.0 Å². The fourth-order valence-electron chi connectivity index (χ4n) is 6.98. The lowest BCUT2D eigenvalue weighted by atomic mass is 9.93. The number of furan rings is 1. The molecule has 8 heteroatoms. The zero-order valence-corrected chi connectivity index (χ0v) is 29.3. The number of hydrogen-bond donors (Lipinski definition) is 0. The van der Waals surface area contributed by atoms with Gasteiger partial charge < -0.3 is 32.5 Å². The highest BCUT2D eigenvalue weighted by molar-refractivity contribution is 6.01. The second-order valence-electron chi connectivity index (χ2n) is 14.7. The quantitative estimate of drug-likeness (QED) is 0.0840. The Labute approximate surface area is 287 Å². The fourth-order valence-corrected chi connectivity index (χ4v) is 6.98. The molecule has 3 aliphatic rings. The summed E-state index contributed by atoms with van der Waals surface area (Å²) in [7, 11) is 0. The largest absolute Gasteiger partial charge is 0.490 e. The smallest absolute Gasteiger partial charge is 0.336 e. The van der Waals surface area contributed by atoms with Gasteiger partial charge in [0, 0.05) is 18.6 Å². The Balaban J connectivity index is 0.939. The monoisotopic (exact) mass is 666 g/mol. The Kier molecular flexibility index (Phi) is 8.84. The molecule has 49 heavy (non-hydrogen) atoms. The molecule has 1 aliphatic carbocycles. The van der Waals surface area contributed by atoms with Crippen LogP contribution in [0.3, 0.4) is 0 Å². The Bertz CT molecular complexity index is 2010. The Morgan fingerprint density at radius 3 is 2.27 bits per heavy atom. The zero-order chi connectivity index (χ0) is 34.4. The summed E-state index contributed by atoms with van der Waals surface area (Å²) in [5.74, 6) is 0.672. The van der Waals surface area contributed by atoms with Crippen LogP contribution in [0.2, 0.25) is 0 Å². The Morgan fingerprint density at radius 1 is 0.837 bits per heavy atom. The molecule has 8 nitrogen and oxygen atoms in total. The summed E-state index contributed by atoms with van der Waals surface area (Å²) < 4.78 is 42.4. The molecule has 2 aliphatic heterocycles. The number of rotatable bonds is 12. The molecule has 2 aromatic heterocycles. The van der Waals surface area contributed by atoms with E-state index in [2.05, 4.69) is 78.0 Å². The van der Waals surface area contributed by atoms with Crippen molar-refractivity contribution in [3.05, 3.63) is 99.6 Å². The van der Waals surface area contributed by atoms with Crippen molar-refractivity contribution >= 4 is 28.0 Å². The van der Waals surface area contributed by atoms with Crippen LogP contribution < -0.4 is 15.1 Å². The average Bonchev–Trinajstić information content (AvgIpc) is 3.31. The van der Waals surface area contributed by atoms with Crippen LogP contribution in [0.4, 0.5) is 0 Å². The van der Waals surface area contributed by atoms with Crippen molar-refractivity contribution in [2.45, 2.75) is 103 Å². The molecule has 1 unspecified atom stereocenters. The van der Waals surface area contributed by atoms with Gasteiger partial charge in [-0.3, -0.25) is 0 Å². The molecular formula is C41H46O8. The highest BCUT2D eigenvalue weighted by Crippen LogP contribution is 2.45. The van der Waals surface area contributed by atoms with Gasteiger partial charge in [0.1, 0.15) is 35.9 Å². The summed E-state index contributed by atoms with van der Waals surface area (Å²) in [6.45, 7) is 13.7. The lowest BCUT2D eigenvalue weighted by Crippen LogP contribution is -2.35. The van der Waals surface area contributed by atoms with E-state index in [9.17, 15) is 4.79 Å². The molecule has 7 rings (SSSR count). The van der Waals surface area contributed by atoms with Crippen molar-refractivity contribution in [3.63, 3.8) is 0 Å². The highest BCUT2D eigenvalue weighted by Gasteiger charge is 2.51. The van der Waals surface area contributed by atoms with Gasteiger partial charge in [-0.1, -0.05) is 23.3 Å². The average molecular weight is 667 g/mol. The van der Waals surface area contributed by atoms with Crippen molar-refractivity contribution in [3.8, 4) is 11.5 Å². The molecule has 258 valence electrons. The Hall–Kier alpha value is -4.11. The SMILES string of the molecule is C/C(=C\COc1ccc2c(c1)C[C@@]1(C=C2)O[C@H](CC/C(C)=C/COc2c3ccoc3cc3oc(=O)ccc23)C(C)(C)O1)CCC1OC1(C)C. The van der Waals surface area contributed by atoms with E-state index in [4.69, 9.17) is 32.5 Å². The molecule has 0 radical (unpaired) electrons. The summed E-state index contributed by atoms with van der Waals surface area (Å²) in [6, 6.07) is 13.0. The van der Waals surface area contributed by atoms with Gasteiger partial charge in [-0.05, 0) is 121 Å². The number of epoxide rings is 1. The van der Waals surface area contributed by atoms with Gasteiger partial charge in [-0.15, -0.1) is 0 Å². The first kappa shape index (κ1) is 33.4. The van der Waals surface area contributed by atoms with Gasteiger partial charge >= 0.3 is 5.63 Å². The third kappa shape index (κ3) is 7.28. The van der Waals surface area contributed by atoms with Crippen LogP contribution in [-0.2, 0) is 20.6 Å². The molecule has 2 fully saturated rings. The minimum atomic E-state index is -0.811. The lowest BCUT2D eigenvalue weighted by Gasteiger charge is -2.30. The van der Waals surface area contributed by atoms with E-state index < -0.39 is 17.0 Å².